The molecule has 0 spiro atoms. The molecule has 0 bridgehead atoms. The Balaban J connectivity index is 1.83. The van der Waals surface area contributed by atoms with Crippen molar-refractivity contribution in [2.24, 2.45) is 0 Å². The first-order chi connectivity index (χ1) is 12.7. The zero-order chi connectivity index (χ0) is 18.4. The predicted molar refractivity (Wildman–Crippen MR) is 103 cm³/mol. The lowest BCUT2D eigenvalue weighted by Gasteiger charge is -2.34. The minimum atomic E-state index is 0.122. The number of nitrogens with zero attached hydrogens (tertiary/aromatic N) is 1. The van der Waals surface area contributed by atoms with Crippen molar-refractivity contribution in [1.29, 1.82) is 0 Å². The molecule has 26 heavy (non-hydrogen) atoms. The lowest BCUT2D eigenvalue weighted by atomic mass is 9.94. The van der Waals surface area contributed by atoms with E-state index >= 15 is 0 Å². The molecule has 2 aromatic rings. The lowest BCUT2D eigenvalue weighted by molar-refractivity contribution is 0.0894. The fourth-order valence-corrected chi connectivity index (χ4v) is 3.67. The Morgan fingerprint density at radius 3 is 2.31 bits per heavy atom. The number of rotatable bonds is 7. The number of carbonyl (C=O) groups is 1. The molecule has 1 aliphatic heterocycles. The highest BCUT2D eigenvalue weighted by atomic mass is 16.5. The molecule has 0 aromatic heterocycles. The summed E-state index contributed by atoms with van der Waals surface area (Å²) in [5.41, 5.74) is 1.88. The maximum Gasteiger partial charge on any atom is 0.164 e. The Morgan fingerprint density at radius 2 is 1.65 bits per heavy atom. The molecule has 1 heterocycles. The van der Waals surface area contributed by atoms with Crippen LogP contribution in [0.3, 0.4) is 0 Å². The van der Waals surface area contributed by atoms with Crippen LogP contribution in [0.5, 0.6) is 11.5 Å². The van der Waals surface area contributed by atoms with Crippen LogP contribution >= 0.6 is 0 Å². The third-order valence-electron chi connectivity index (χ3n) is 5.10. The fraction of sp³-hybridized carbons (Fsp3) is 0.409. The smallest absolute Gasteiger partial charge is 0.164 e. The Morgan fingerprint density at radius 1 is 0.962 bits per heavy atom. The zero-order valence-electron chi connectivity index (χ0n) is 15.6. The van der Waals surface area contributed by atoms with Crippen LogP contribution in [0.25, 0.3) is 0 Å². The van der Waals surface area contributed by atoms with Crippen LogP contribution in [0.15, 0.2) is 48.5 Å². The third-order valence-corrected chi connectivity index (χ3v) is 5.10. The van der Waals surface area contributed by atoms with E-state index in [2.05, 4.69) is 17.0 Å². The molecule has 0 radical (unpaired) electrons. The predicted octanol–water partition coefficient (Wildman–Crippen LogP) is 4.50. The number of methoxy groups -OCH3 is 2. The lowest BCUT2D eigenvalue weighted by Crippen LogP contribution is -2.35. The summed E-state index contributed by atoms with van der Waals surface area (Å²) in [6.45, 7) is 2.11. The minimum Gasteiger partial charge on any atom is -0.493 e. The van der Waals surface area contributed by atoms with Crippen LogP contribution < -0.4 is 9.47 Å². The number of piperidine rings is 1. The SMILES string of the molecule is COc1ccc(C(=O)CC(c2ccccc2)N2CCCCC2)cc1OC. The molecule has 1 saturated heterocycles. The minimum absolute atomic E-state index is 0.122. The summed E-state index contributed by atoms with van der Waals surface area (Å²) in [7, 11) is 3.19. The molecular formula is C22H27NO3. The topological polar surface area (TPSA) is 38.8 Å². The van der Waals surface area contributed by atoms with E-state index in [1.54, 1.807) is 26.4 Å². The monoisotopic (exact) mass is 353 g/mol. The summed E-state index contributed by atoms with van der Waals surface area (Å²) < 4.78 is 10.6. The fourth-order valence-electron chi connectivity index (χ4n) is 3.67. The van der Waals surface area contributed by atoms with E-state index < -0.39 is 0 Å². The summed E-state index contributed by atoms with van der Waals surface area (Å²) in [6.07, 6.45) is 4.16. The van der Waals surface area contributed by atoms with Crippen LogP contribution in [-0.4, -0.2) is 38.0 Å². The second kappa shape index (κ2) is 8.86. The first-order valence-electron chi connectivity index (χ1n) is 9.27. The van der Waals surface area contributed by atoms with Gasteiger partial charge in [-0.3, -0.25) is 9.69 Å². The van der Waals surface area contributed by atoms with Crippen molar-refractivity contribution in [3.63, 3.8) is 0 Å². The number of hydrogen-bond acceptors (Lipinski definition) is 4. The molecule has 1 unspecified atom stereocenters. The number of ketones is 1. The molecule has 0 N–H and O–H groups in total. The van der Waals surface area contributed by atoms with Gasteiger partial charge in [0.2, 0.25) is 0 Å². The quantitative estimate of drug-likeness (QED) is 0.687. The number of carbonyl (C=O) groups excluding carboxylic acids is 1. The third kappa shape index (κ3) is 4.25. The van der Waals surface area contributed by atoms with Crippen molar-refractivity contribution >= 4 is 5.78 Å². The molecule has 0 amide bonds. The largest absolute Gasteiger partial charge is 0.493 e. The molecular weight excluding hydrogens is 326 g/mol. The number of Topliss-reactive ketones (excluding diaryl/α,β-unsaturated/α-hetero) is 1. The van der Waals surface area contributed by atoms with E-state index in [-0.39, 0.29) is 11.8 Å². The van der Waals surface area contributed by atoms with Gasteiger partial charge in [0.25, 0.3) is 0 Å². The van der Waals surface area contributed by atoms with Gasteiger partial charge >= 0.3 is 0 Å². The Hall–Kier alpha value is -2.33. The second-order valence-electron chi connectivity index (χ2n) is 6.72. The Kier molecular flexibility index (Phi) is 6.29. The number of likely N-dealkylation sites (tertiary alicyclic amines) is 1. The van der Waals surface area contributed by atoms with Gasteiger partial charge in [-0.2, -0.15) is 0 Å². The van der Waals surface area contributed by atoms with E-state index in [0.717, 1.165) is 13.1 Å². The van der Waals surface area contributed by atoms with Gasteiger partial charge in [-0.1, -0.05) is 36.8 Å². The van der Waals surface area contributed by atoms with Crippen molar-refractivity contribution in [1.82, 2.24) is 4.90 Å². The highest BCUT2D eigenvalue weighted by molar-refractivity contribution is 5.97. The summed E-state index contributed by atoms with van der Waals surface area (Å²) in [5.74, 6) is 1.36. The van der Waals surface area contributed by atoms with Crippen LogP contribution in [0.1, 0.15) is 47.6 Å². The number of benzene rings is 2. The van der Waals surface area contributed by atoms with Crippen molar-refractivity contribution in [2.45, 2.75) is 31.7 Å². The molecule has 3 rings (SSSR count). The van der Waals surface area contributed by atoms with Crippen molar-refractivity contribution < 1.29 is 14.3 Å². The van der Waals surface area contributed by atoms with Crippen molar-refractivity contribution in [2.75, 3.05) is 27.3 Å². The van der Waals surface area contributed by atoms with Gasteiger partial charge in [0.05, 0.1) is 14.2 Å². The molecule has 1 aliphatic rings. The summed E-state index contributed by atoms with van der Waals surface area (Å²) in [5, 5.41) is 0. The van der Waals surface area contributed by atoms with Gasteiger partial charge in [-0.15, -0.1) is 0 Å². The van der Waals surface area contributed by atoms with Crippen LogP contribution in [-0.2, 0) is 0 Å². The van der Waals surface area contributed by atoms with Crippen LogP contribution in [0, 0.1) is 0 Å². The van der Waals surface area contributed by atoms with Crippen LogP contribution in [0.2, 0.25) is 0 Å². The first kappa shape index (κ1) is 18.5. The molecule has 0 saturated carbocycles. The first-order valence-corrected chi connectivity index (χ1v) is 9.27. The van der Waals surface area contributed by atoms with Crippen LogP contribution in [0.4, 0.5) is 0 Å². The van der Waals surface area contributed by atoms with Gasteiger partial charge in [0, 0.05) is 18.0 Å². The van der Waals surface area contributed by atoms with Gasteiger partial charge in [0.15, 0.2) is 17.3 Å². The van der Waals surface area contributed by atoms with E-state index in [0.29, 0.717) is 23.5 Å². The Labute approximate surface area is 155 Å². The molecule has 2 aromatic carbocycles. The molecule has 4 nitrogen and oxygen atoms in total. The van der Waals surface area contributed by atoms with Gasteiger partial charge < -0.3 is 9.47 Å². The molecule has 1 fully saturated rings. The average molecular weight is 353 g/mol. The normalized spacial score (nSPS) is 16.1. The van der Waals surface area contributed by atoms with Gasteiger partial charge in [0.1, 0.15) is 0 Å². The average Bonchev–Trinajstić information content (AvgIpc) is 2.72. The summed E-state index contributed by atoms with van der Waals surface area (Å²) in [6, 6.07) is 15.9. The molecule has 1 atom stereocenters. The maximum absolute atomic E-state index is 13.0. The van der Waals surface area contributed by atoms with Gasteiger partial charge in [-0.05, 0) is 49.7 Å². The van der Waals surface area contributed by atoms with Gasteiger partial charge in [-0.25, -0.2) is 0 Å². The highest BCUT2D eigenvalue weighted by Gasteiger charge is 2.25. The number of hydrogen-bond donors (Lipinski definition) is 0. The van der Waals surface area contributed by atoms with E-state index in [1.165, 1.54) is 24.8 Å². The molecule has 4 heteroatoms. The number of ether oxygens (including phenoxy) is 2. The summed E-state index contributed by atoms with van der Waals surface area (Å²) in [4.78, 5) is 15.5. The van der Waals surface area contributed by atoms with E-state index in [4.69, 9.17) is 9.47 Å². The standard InChI is InChI=1S/C22H27NO3/c1-25-21-12-11-18(15-22(21)26-2)20(24)16-19(17-9-5-3-6-10-17)23-13-7-4-8-14-23/h3,5-6,9-12,15,19H,4,7-8,13-14,16H2,1-2H3. The molecule has 138 valence electrons. The summed E-state index contributed by atoms with van der Waals surface area (Å²) >= 11 is 0. The van der Waals surface area contributed by atoms with Crippen molar-refractivity contribution in [3.05, 3.63) is 59.7 Å². The zero-order valence-corrected chi connectivity index (χ0v) is 15.6. The molecule has 0 aliphatic carbocycles. The van der Waals surface area contributed by atoms with E-state index in [9.17, 15) is 4.79 Å². The Bertz CT molecular complexity index is 723. The van der Waals surface area contributed by atoms with Crippen molar-refractivity contribution in [3.8, 4) is 11.5 Å². The maximum atomic E-state index is 13.0. The second-order valence-corrected chi connectivity index (χ2v) is 6.72. The van der Waals surface area contributed by atoms with E-state index in [1.807, 2.05) is 24.3 Å². The highest BCUT2D eigenvalue weighted by Crippen LogP contribution is 2.32.